The van der Waals surface area contributed by atoms with Crippen molar-refractivity contribution < 1.29 is 19.2 Å². The summed E-state index contributed by atoms with van der Waals surface area (Å²) >= 11 is 5.83. The van der Waals surface area contributed by atoms with Crippen LogP contribution < -0.4 is 14.8 Å². The maximum Gasteiger partial charge on any atom is 0.282 e. The van der Waals surface area contributed by atoms with Crippen LogP contribution in [-0.4, -0.2) is 31.6 Å². The Kier molecular flexibility index (Phi) is 6.19. The molecule has 0 radical (unpaired) electrons. The number of halogens is 1. The first kappa shape index (κ1) is 18.5. The number of hydrogen-bond acceptors (Lipinski definition) is 5. The largest absolute Gasteiger partial charge is 0.493 e. The van der Waals surface area contributed by atoms with Crippen LogP contribution in [0.4, 0.5) is 5.69 Å². The SMILES string of the molecule is COc1ccc(CCNC(=O)c2cc(Cl)ccc2[N+](=O)[O-])cc1OC. The van der Waals surface area contributed by atoms with Gasteiger partial charge < -0.3 is 14.8 Å². The van der Waals surface area contributed by atoms with Crippen molar-refractivity contribution in [1.29, 1.82) is 0 Å². The highest BCUT2D eigenvalue weighted by molar-refractivity contribution is 6.31. The predicted octanol–water partition coefficient (Wildman–Crippen LogP) is 3.24. The van der Waals surface area contributed by atoms with Gasteiger partial charge in [0.25, 0.3) is 11.6 Å². The minimum Gasteiger partial charge on any atom is -0.493 e. The van der Waals surface area contributed by atoms with Crippen molar-refractivity contribution >= 4 is 23.2 Å². The molecule has 2 rings (SSSR count). The smallest absolute Gasteiger partial charge is 0.282 e. The first-order chi connectivity index (χ1) is 12.0. The molecule has 25 heavy (non-hydrogen) atoms. The monoisotopic (exact) mass is 364 g/mol. The van der Waals surface area contributed by atoms with Crippen molar-refractivity contribution in [1.82, 2.24) is 5.32 Å². The van der Waals surface area contributed by atoms with Gasteiger partial charge in [-0.2, -0.15) is 0 Å². The Morgan fingerprint density at radius 2 is 1.88 bits per heavy atom. The molecule has 0 heterocycles. The van der Waals surface area contributed by atoms with E-state index in [0.717, 1.165) is 5.56 Å². The molecule has 0 aliphatic heterocycles. The summed E-state index contributed by atoms with van der Waals surface area (Å²) in [7, 11) is 3.09. The average Bonchev–Trinajstić information content (AvgIpc) is 2.61. The standard InChI is InChI=1S/C17H17ClN2O5/c1-24-15-6-3-11(9-16(15)25-2)7-8-19-17(21)13-10-12(18)4-5-14(13)20(22)23/h3-6,9-10H,7-8H2,1-2H3,(H,19,21). The second-order valence-corrected chi connectivity index (χ2v) is 5.55. The third-order valence-corrected chi connectivity index (χ3v) is 3.78. The lowest BCUT2D eigenvalue weighted by atomic mass is 10.1. The summed E-state index contributed by atoms with van der Waals surface area (Å²) in [5, 5.41) is 13.9. The molecule has 0 fully saturated rings. The zero-order chi connectivity index (χ0) is 18.4. The molecule has 0 spiro atoms. The van der Waals surface area contributed by atoms with E-state index in [9.17, 15) is 14.9 Å². The van der Waals surface area contributed by atoms with E-state index >= 15 is 0 Å². The number of hydrogen-bond donors (Lipinski definition) is 1. The number of benzene rings is 2. The van der Waals surface area contributed by atoms with Crippen LogP contribution in [0, 0.1) is 10.1 Å². The minimum absolute atomic E-state index is 0.0650. The second kappa shape index (κ2) is 8.34. The fraction of sp³-hybridized carbons (Fsp3) is 0.235. The molecule has 132 valence electrons. The molecule has 0 atom stereocenters. The topological polar surface area (TPSA) is 90.7 Å². The maximum atomic E-state index is 12.2. The van der Waals surface area contributed by atoms with Crippen molar-refractivity contribution in [3.8, 4) is 11.5 Å². The van der Waals surface area contributed by atoms with E-state index in [2.05, 4.69) is 5.32 Å². The minimum atomic E-state index is -0.612. The normalized spacial score (nSPS) is 10.2. The summed E-state index contributed by atoms with van der Waals surface area (Å²) in [4.78, 5) is 22.6. The first-order valence-corrected chi connectivity index (χ1v) is 7.77. The summed E-state index contributed by atoms with van der Waals surface area (Å²) in [5.41, 5.74) is 0.580. The second-order valence-electron chi connectivity index (χ2n) is 5.11. The number of ether oxygens (including phenoxy) is 2. The zero-order valence-electron chi connectivity index (χ0n) is 13.7. The number of carbonyl (C=O) groups is 1. The molecule has 1 N–H and O–H groups in total. The molecule has 0 aromatic heterocycles. The Morgan fingerprint density at radius 3 is 2.52 bits per heavy atom. The zero-order valence-corrected chi connectivity index (χ0v) is 14.5. The number of nitrogens with one attached hydrogen (secondary N) is 1. The number of methoxy groups -OCH3 is 2. The molecule has 2 aromatic carbocycles. The molecule has 7 nitrogen and oxygen atoms in total. The van der Waals surface area contributed by atoms with Crippen molar-refractivity contribution in [2.45, 2.75) is 6.42 Å². The van der Waals surface area contributed by atoms with E-state index in [1.807, 2.05) is 12.1 Å². The number of nitro groups is 1. The predicted molar refractivity (Wildman–Crippen MR) is 93.7 cm³/mol. The van der Waals surface area contributed by atoms with E-state index in [4.69, 9.17) is 21.1 Å². The quantitative estimate of drug-likeness (QED) is 0.601. The molecule has 0 bridgehead atoms. The van der Waals surface area contributed by atoms with Crippen LogP contribution in [0.3, 0.4) is 0 Å². The Bertz CT molecular complexity index is 795. The van der Waals surface area contributed by atoms with Crippen molar-refractivity contribution in [3.63, 3.8) is 0 Å². The van der Waals surface area contributed by atoms with Gasteiger partial charge in [0.15, 0.2) is 11.5 Å². The highest BCUT2D eigenvalue weighted by Crippen LogP contribution is 2.27. The van der Waals surface area contributed by atoms with Crippen LogP contribution in [0.25, 0.3) is 0 Å². The van der Waals surface area contributed by atoms with Gasteiger partial charge >= 0.3 is 0 Å². The molecule has 2 aromatic rings. The molecule has 0 aliphatic rings. The van der Waals surface area contributed by atoms with Crippen LogP contribution in [-0.2, 0) is 6.42 Å². The molecule has 0 saturated heterocycles. The third-order valence-electron chi connectivity index (χ3n) is 3.55. The third kappa shape index (κ3) is 4.60. The van der Waals surface area contributed by atoms with Crippen LogP contribution in [0.1, 0.15) is 15.9 Å². The molecule has 0 unspecified atom stereocenters. The van der Waals surface area contributed by atoms with Gasteiger partial charge in [-0.15, -0.1) is 0 Å². The van der Waals surface area contributed by atoms with Crippen molar-refractivity contribution in [2.75, 3.05) is 20.8 Å². The number of amides is 1. The Hall–Kier alpha value is -2.80. The summed E-state index contributed by atoms with van der Waals surface area (Å²) in [6, 6.07) is 9.32. The van der Waals surface area contributed by atoms with Gasteiger partial charge in [-0.25, -0.2) is 0 Å². The van der Waals surface area contributed by atoms with Gasteiger partial charge in [0, 0.05) is 17.6 Å². The molecular weight excluding hydrogens is 348 g/mol. The van der Waals surface area contributed by atoms with E-state index in [-0.39, 0.29) is 16.3 Å². The number of nitro benzene ring substituents is 1. The van der Waals surface area contributed by atoms with Gasteiger partial charge in [-0.05, 0) is 36.2 Å². The van der Waals surface area contributed by atoms with Crippen LogP contribution in [0.5, 0.6) is 11.5 Å². The van der Waals surface area contributed by atoms with Crippen molar-refractivity contribution in [3.05, 3.63) is 62.7 Å². The Labute approximate surface area is 149 Å². The van der Waals surface area contributed by atoms with Gasteiger partial charge in [0.1, 0.15) is 5.56 Å². The Balaban J connectivity index is 2.04. The van der Waals surface area contributed by atoms with Gasteiger partial charge in [-0.3, -0.25) is 14.9 Å². The van der Waals surface area contributed by atoms with E-state index in [1.165, 1.54) is 18.2 Å². The number of carbonyl (C=O) groups excluding carboxylic acids is 1. The van der Waals surface area contributed by atoms with Crippen molar-refractivity contribution in [2.24, 2.45) is 0 Å². The molecule has 8 heteroatoms. The average molecular weight is 365 g/mol. The van der Waals surface area contributed by atoms with E-state index < -0.39 is 10.8 Å². The highest BCUT2D eigenvalue weighted by Gasteiger charge is 2.20. The molecule has 0 saturated carbocycles. The lowest BCUT2D eigenvalue weighted by molar-refractivity contribution is -0.385. The lowest BCUT2D eigenvalue weighted by Crippen LogP contribution is -2.26. The fourth-order valence-corrected chi connectivity index (χ4v) is 2.47. The van der Waals surface area contributed by atoms with Gasteiger partial charge in [-0.1, -0.05) is 17.7 Å². The molecule has 1 amide bonds. The molecular formula is C17H17ClN2O5. The van der Waals surface area contributed by atoms with Crippen LogP contribution >= 0.6 is 11.6 Å². The maximum absolute atomic E-state index is 12.2. The van der Waals surface area contributed by atoms with Crippen LogP contribution in [0.2, 0.25) is 5.02 Å². The first-order valence-electron chi connectivity index (χ1n) is 7.39. The number of nitrogens with zero attached hydrogens (tertiary/aromatic N) is 1. The highest BCUT2D eigenvalue weighted by atomic mass is 35.5. The summed E-state index contributed by atoms with van der Waals surface area (Å²) in [5.74, 6) is 0.663. The number of rotatable bonds is 7. The summed E-state index contributed by atoms with van der Waals surface area (Å²) in [6.45, 7) is 0.304. The Morgan fingerprint density at radius 1 is 1.16 bits per heavy atom. The van der Waals surface area contributed by atoms with Crippen LogP contribution in [0.15, 0.2) is 36.4 Å². The van der Waals surface area contributed by atoms with Gasteiger partial charge in [0.2, 0.25) is 0 Å². The fourth-order valence-electron chi connectivity index (χ4n) is 2.30. The van der Waals surface area contributed by atoms with E-state index in [0.29, 0.717) is 24.5 Å². The summed E-state index contributed by atoms with van der Waals surface area (Å²) in [6.07, 6.45) is 0.528. The van der Waals surface area contributed by atoms with E-state index in [1.54, 1.807) is 20.3 Å². The summed E-state index contributed by atoms with van der Waals surface area (Å²) < 4.78 is 10.4. The lowest BCUT2D eigenvalue weighted by Gasteiger charge is -2.10. The van der Waals surface area contributed by atoms with Gasteiger partial charge in [0.05, 0.1) is 19.1 Å². The molecule has 0 aliphatic carbocycles.